The number of aromatic nitrogens is 1. The Kier molecular flexibility index (Phi) is 7.56. The summed E-state index contributed by atoms with van der Waals surface area (Å²) in [6.07, 6.45) is -5.06. The average molecular weight is 385 g/mol. The van der Waals surface area contributed by atoms with Crippen LogP contribution in [0.1, 0.15) is 24.5 Å². The van der Waals surface area contributed by atoms with E-state index in [0.717, 1.165) is 0 Å². The largest absolute Gasteiger partial charge is 0.479 e. The van der Waals surface area contributed by atoms with Gasteiger partial charge in [0.2, 0.25) is 0 Å². The van der Waals surface area contributed by atoms with E-state index in [2.05, 4.69) is 10.3 Å². The van der Waals surface area contributed by atoms with E-state index in [1.54, 1.807) is 24.5 Å². The highest BCUT2D eigenvalue weighted by molar-refractivity contribution is 5.73. The predicted molar refractivity (Wildman–Crippen MR) is 90.0 cm³/mol. The summed E-state index contributed by atoms with van der Waals surface area (Å²) < 4.78 is 10.9. The highest BCUT2D eigenvalue weighted by atomic mass is 16.7. The van der Waals surface area contributed by atoms with Crippen LogP contribution in [-0.4, -0.2) is 80.7 Å². The molecule has 6 atom stereocenters. The van der Waals surface area contributed by atoms with Gasteiger partial charge in [-0.1, -0.05) is 6.07 Å². The fourth-order valence-corrected chi connectivity index (χ4v) is 2.75. The van der Waals surface area contributed by atoms with Crippen LogP contribution in [0.15, 0.2) is 29.8 Å². The highest BCUT2D eigenvalue weighted by Gasteiger charge is 2.48. The molecule has 1 aromatic rings. The molecule has 11 nitrogen and oxygen atoms in total. The molecule has 2 rings (SSSR count). The van der Waals surface area contributed by atoms with Gasteiger partial charge in [0.1, 0.15) is 18.3 Å². The number of aliphatic hydroxyl groups is 3. The summed E-state index contributed by atoms with van der Waals surface area (Å²) in [5, 5.41) is 42.9. The van der Waals surface area contributed by atoms with Crippen molar-refractivity contribution in [3.63, 3.8) is 0 Å². The summed E-state index contributed by atoms with van der Waals surface area (Å²) in [6.45, 7) is 0.358. The van der Waals surface area contributed by atoms with Crippen LogP contribution in [0, 0.1) is 4.91 Å². The van der Waals surface area contributed by atoms with Crippen LogP contribution in [0.25, 0.3) is 0 Å². The van der Waals surface area contributed by atoms with Crippen molar-refractivity contribution in [3.8, 4) is 0 Å². The molecule has 0 aliphatic carbocycles. The molecule has 2 unspecified atom stereocenters. The van der Waals surface area contributed by atoms with Gasteiger partial charge in [0.05, 0.1) is 11.4 Å². The molecule has 0 radical (unpaired) electrons. The summed E-state index contributed by atoms with van der Waals surface area (Å²) in [5.41, 5.74) is 0.641. The number of aliphatic carboxylic acids is 1. The van der Waals surface area contributed by atoms with Crippen LogP contribution in [0.4, 0.5) is 0 Å². The van der Waals surface area contributed by atoms with Gasteiger partial charge in [0.25, 0.3) is 0 Å². The lowest BCUT2D eigenvalue weighted by molar-refractivity contribution is -0.306. The van der Waals surface area contributed by atoms with Crippen molar-refractivity contribution in [1.29, 1.82) is 0 Å². The second-order valence-corrected chi connectivity index (χ2v) is 6.25. The average Bonchev–Trinajstić information content (AvgIpc) is 2.67. The van der Waals surface area contributed by atoms with Gasteiger partial charge in [-0.25, -0.2) is 4.79 Å². The third-order valence-electron chi connectivity index (χ3n) is 4.25. The molecule has 1 fully saturated rings. The van der Waals surface area contributed by atoms with Crippen molar-refractivity contribution in [2.75, 3.05) is 13.6 Å². The minimum Gasteiger partial charge on any atom is -0.479 e. The van der Waals surface area contributed by atoms with E-state index < -0.39 is 42.8 Å². The van der Waals surface area contributed by atoms with Crippen LogP contribution in [0.2, 0.25) is 0 Å². The molecular formula is C16H23N3O8. The Hall–Kier alpha value is -2.18. The standard InChI is InChI=1S/C16H23N3O8/c1-19(18-25)7-3-5-10(9-4-2-6-17-8-9)26-16-13(22)11(20)12(21)14(27-16)15(23)24/h2,4,6,8,10-14,16,20-22H,3,5,7H2,1H3,(H,23,24)/t10?,11-,12-,13-,14?,16+/m0/s1. The van der Waals surface area contributed by atoms with E-state index in [1.165, 1.54) is 12.1 Å². The zero-order valence-electron chi connectivity index (χ0n) is 14.7. The highest BCUT2D eigenvalue weighted by Crippen LogP contribution is 2.30. The summed E-state index contributed by atoms with van der Waals surface area (Å²) in [7, 11) is 1.52. The lowest BCUT2D eigenvalue weighted by atomic mass is 9.98. The first-order valence-corrected chi connectivity index (χ1v) is 8.37. The Bertz CT molecular complexity index is 619. The van der Waals surface area contributed by atoms with E-state index in [9.17, 15) is 25.0 Å². The van der Waals surface area contributed by atoms with Gasteiger partial charge in [0.15, 0.2) is 12.4 Å². The molecule has 0 bridgehead atoms. The lowest BCUT2D eigenvalue weighted by Gasteiger charge is -2.39. The number of carboxylic acids is 1. The van der Waals surface area contributed by atoms with E-state index in [1.807, 2.05) is 0 Å². The lowest BCUT2D eigenvalue weighted by Crippen LogP contribution is -2.60. The third kappa shape index (κ3) is 5.40. The number of ether oxygens (including phenoxy) is 2. The predicted octanol–water partition coefficient (Wildman–Crippen LogP) is -0.575. The SMILES string of the molecule is CN(CCCC(O[C@@H]1OC(C(=O)O)[C@@H](O)[C@H](O)[C@@H]1O)c1cccnc1)N=O. The van der Waals surface area contributed by atoms with Crippen molar-refractivity contribution in [2.45, 2.75) is 49.7 Å². The van der Waals surface area contributed by atoms with Crippen molar-refractivity contribution in [3.05, 3.63) is 35.0 Å². The first-order valence-electron chi connectivity index (χ1n) is 8.37. The molecule has 1 saturated heterocycles. The Morgan fingerprint density at radius 1 is 1.37 bits per heavy atom. The Morgan fingerprint density at radius 3 is 2.70 bits per heavy atom. The summed E-state index contributed by atoms with van der Waals surface area (Å²) >= 11 is 0. The van der Waals surface area contributed by atoms with Gasteiger partial charge in [-0.3, -0.25) is 9.99 Å². The number of nitroso groups, excluding NO2 is 1. The van der Waals surface area contributed by atoms with Crippen molar-refractivity contribution >= 4 is 5.97 Å². The van der Waals surface area contributed by atoms with Crippen LogP contribution in [0.3, 0.4) is 0 Å². The number of rotatable bonds is 9. The zero-order chi connectivity index (χ0) is 20.0. The Morgan fingerprint density at radius 2 is 2.11 bits per heavy atom. The van der Waals surface area contributed by atoms with Crippen LogP contribution in [-0.2, 0) is 14.3 Å². The maximum absolute atomic E-state index is 11.2. The van der Waals surface area contributed by atoms with Crippen molar-refractivity contribution in [1.82, 2.24) is 9.99 Å². The minimum atomic E-state index is -1.79. The number of nitrogens with zero attached hydrogens (tertiary/aromatic N) is 3. The number of aliphatic hydroxyl groups excluding tert-OH is 3. The quantitative estimate of drug-likeness (QED) is 0.320. The molecule has 4 N–H and O–H groups in total. The van der Waals surface area contributed by atoms with E-state index in [4.69, 9.17) is 14.6 Å². The monoisotopic (exact) mass is 385 g/mol. The Labute approximate surface area is 155 Å². The third-order valence-corrected chi connectivity index (χ3v) is 4.25. The summed E-state index contributed by atoms with van der Waals surface area (Å²) in [6, 6.07) is 3.41. The molecule has 0 saturated carbocycles. The van der Waals surface area contributed by atoms with Crippen molar-refractivity contribution < 1.29 is 34.7 Å². The van der Waals surface area contributed by atoms with Gasteiger partial charge in [0, 0.05) is 26.0 Å². The summed E-state index contributed by atoms with van der Waals surface area (Å²) in [5.74, 6) is -1.49. The molecule has 150 valence electrons. The van der Waals surface area contributed by atoms with Gasteiger partial charge in [-0.05, 0) is 24.5 Å². The second kappa shape index (κ2) is 9.67. The fourth-order valence-electron chi connectivity index (χ4n) is 2.75. The van der Waals surface area contributed by atoms with Crippen LogP contribution < -0.4 is 0 Å². The smallest absolute Gasteiger partial charge is 0.335 e. The maximum atomic E-state index is 11.2. The second-order valence-electron chi connectivity index (χ2n) is 6.25. The van der Waals surface area contributed by atoms with Gasteiger partial charge >= 0.3 is 5.97 Å². The van der Waals surface area contributed by atoms with E-state index in [0.29, 0.717) is 24.9 Å². The molecule has 1 aliphatic rings. The van der Waals surface area contributed by atoms with Crippen molar-refractivity contribution in [2.24, 2.45) is 5.29 Å². The number of hydrogen-bond acceptors (Lipinski definition) is 9. The number of hydrogen-bond donors (Lipinski definition) is 4. The Balaban J connectivity index is 2.12. The molecule has 27 heavy (non-hydrogen) atoms. The molecule has 0 aromatic carbocycles. The molecule has 1 aromatic heterocycles. The summed E-state index contributed by atoms with van der Waals surface area (Å²) in [4.78, 5) is 25.7. The van der Waals surface area contributed by atoms with Gasteiger partial charge in [-0.2, -0.15) is 0 Å². The van der Waals surface area contributed by atoms with Gasteiger partial charge in [-0.15, -0.1) is 4.91 Å². The maximum Gasteiger partial charge on any atom is 0.335 e. The molecule has 1 aliphatic heterocycles. The number of carboxylic acid groups (broad SMARTS) is 1. The number of pyridine rings is 1. The topological polar surface area (TPSA) is 162 Å². The zero-order valence-corrected chi connectivity index (χ0v) is 14.7. The fraction of sp³-hybridized carbons (Fsp3) is 0.625. The molecular weight excluding hydrogens is 362 g/mol. The van der Waals surface area contributed by atoms with E-state index in [-0.39, 0.29) is 0 Å². The van der Waals surface area contributed by atoms with Crippen LogP contribution in [0.5, 0.6) is 0 Å². The van der Waals surface area contributed by atoms with Gasteiger partial charge < -0.3 is 29.9 Å². The first kappa shape index (κ1) is 21.1. The van der Waals surface area contributed by atoms with E-state index >= 15 is 0 Å². The molecule has 0 amide bonds. The normalized spacial score (nSPS) is 29.1. The molecule has 2 heterocycles. The number of carbonyl (C=O) groups is 1. The molecule has 0 spiro atoms. The van der Waals surface area contributed by atoms with Crippen LogP contribution >= 0.6 is 0 Å². The minimum absolute atomic E-state index is 0.358. The first-order chi connectivity index (χ1) is 12.8. The molecule has 11 heteroatoms.